The zero-order valence-electron chi connectivity index (χ0n) is 10.2. The minimum Gasteiger partial charge on any atom is -0.490 e. The lowest BCUT2D eigenvalue weighted by Crippen LogP contribution is -2.06. The van der Waals surface area contributed by atoms with E-state index in [1.165, 1.54) is 11.3 Å². The van der Waals surface area contributed by atoms with Crippen molar-refractivity contribution in [1.82, 2.24) is 4.98 Å². The number of ether oxygens (including phenoxy) is 1. The number of aryl methyl sites for hydroxylation is 1. The quantitative estimate of drug-likeness (QED) is 0.904. The molecule has 4 heteroatoms. The van der Waals surface area contributed by atoms with Crippen LogP contribution in [0, 0.1) is 6.92 Å². The van der Waals surface area contributed by atoms with Gasteiger partial charge in [-0.3, -0.25) is 0 Å². The van der Waals surface area contributed by atoms with Crippen molar-refractivity contribution in [3.05, 3.63) is 30.0 Å². The Morgan fingerprint density at radius 1 is 1.29 bits per heavy atom. The Bertz CT molecular complexity index is 520. The van der Waals surface area contributed by atoms with Crippen LogP contribution in [0.3, 0.4) is 0 Å². The Morgan fingerprint density at radius 3 is 2.59 bits per heavy atom. The molecule has 2 aromatic rings. The van der Waals surface area contributed by atoms with E-state index in [0.717, 1.165) is 21.9 Å². The number of nitrogens with zero attached hydrogens (tertiary/aromatic N) is 1. The van der Waals surface area contributed by atoms with Crippen molar-refractivity contribution in [3.8, 4) is 16.2 Å². The molecule has 0 aliphatic carbocycles. The summed E-state index contributed by atoms with van der Waals surface area (Å²) in [6.07, 6.45) is 0.154. The number of nitrogen functional groups attached to an aromatic ring is 1. The van der Waals surface area contributed by atoms with Gasteiger partial charge in [0.25, 0.3) is 0 Å². The average molecular weight is 248 g/mol. The van der Waals surface area contributed by atoms with Gasteiger partial charge in [0.1, 0.15) is 5.75 Å². The summed E-state index contributed by atoms with van der Waals surface area (Å²) in [6.45, 7) is 6.00. The molecule has 0 spiro atoms. The Hall–Kier alpha value is -1.55. The third-order valence-corrected chi connectivity index (χ3v) is 3.33. The second-order valence-electron chi connectivity index (χ2n) is 4.13. The highest BCUT2D eigenvalue weighted by atomic mass is 32.1. The zero-order chi connectivity index (χ0) is 12.4. The molecule has 90 valence electrons. The molecule has 3 nitrogen and oxygen atoms in total. The van der Waals surface area contributed by atoms with E-state index < -0.39 is 0 Å². The van der Waals surface area contributed by atoms with Crippen LogP contribution >= 0.6 is 11.3 Å². The Kier molecular flexibility index (Phi) is 3.33. The molecule has 0 saturated heterocycles. The van der Waals surface area contributed by atoms with E-state index >= 15 is 0 Å². The Labute approximate surface area is 105 Å². The maximum atomic E-state index is 5.80. The molecule has 1 aromatic carbocycles. The van der Waals surface area contributed by atoms with Crippen LogP contribution in [-0.2, 0) is 0 Å². The monoisotopic (exact) mass is 248 g/mol. The van der Waals surface area contributed by atoms with Crippen LogP contribution in [0.15, 0.2) is 24.3 Å². The number of benzene rings is 1. The molecule has 0 radical (unpaired) electrons. The van der Waals surface area contributed by atoms with Gasteiger partial charge in [-0.2, -0.15) is 0 Å². The van der Waals surface area contributed by atoms with Crippen molar-refractivity contribution < 1.29 is 4.74 Å². The van der Waals surface area contributed by atoms with Crippen LogP contribution in [0.4, 0.5) is 5.13 Å². The van der Waals surface area contributed by atoms with Gasteiger partial charge in [-0.05, 0) is 32.9 Å². The molecular formula is C13H16N2OS. The fraction of sp³-hybridized carbons (Fsp3) is 0.308. The van der Waals surface area contributed by atoms with E-state index in [2.05, 4.69) is 4.98 Å². The molecule has 1 heterocycles. The maximum absolute atomic E-state index is 5.80. The van der Waals surface area contributed by atoms with E-state index in [1.54, 1.807) is 0 Å². The minimum absolute atomic E-state index is 0.154. The van der Waals surface area contributed by atoms with Crippen molar-refractivity contribution in [1.29, 1.82) is 0 Å². The van der Waals surface area contributed by atoms with Gasteiger partial charge in [0.05, 0.1) is 16.7 Å². The van der Waals surface area contributed by atoms with E-state index in [1.807, 2.05) is 45.0 Å². The first kappa shape index (κ1) is 11.9. The van der Waals surface area contributed by atoms with Crippen molar-refractivity contribution in [2.24, 2.45) is 0 Å². The number of para-hydroxylation sites is 1. The molecular weight excluding hydrogens is 232 g/mol. The molecule has 0 aliphatic heterocycles. The third-order valence-electron chi connectivity index (χ3n) is 2.31. The van der Waals surface area contributed by atoms with Crippen LogP contribution in [0.5, 0.6) is 5.75 Å². The van der Waals surface area contributed by atoms with Gasteiger partial charge >= 0.3 is 0 Å². The van der Waals surface area contributed by atoms with E-state index in [4.69, 9.17) is 10.5 Å². The summed E-state index contributed by atoms with van der Waals surface area (Å²) in [5.74, 6) is 0.884. The summed E-state index contributed by atoms with van der Waals surface area (Å²) in [5.41, 5.74) is 7.75. The lowest BCUT2D eigenvalue weighted by Gasteiger charge is -2.13. The first-order valence-electron chi connectivity index (χ1n) is 5.57. The number of thiazole rings is 1. The second-order valence-corrected chi connectivity index (χ2v) is 5.16. The van der Waals surface area contributed by atoms with Crippen molar-refractivity contribution in [2.45, 2.75) is 26.9 Å². The highest BCUT2D eigenvalue weighted by Crippen LogP contribution is 2.37. The summed E-state index contributed by atoms with van der Waals surface area (Å²) >= 11 is 1.50. The number of hydrogen-bond acceptors (Lipinski definition) is 4. The maximum Gasteiger partial charge on any atom is 0.180 e. The zero-order valence-corrected chi connectivity index (χ0v) is 11.0. The molecule has 1 aromatic heterocycles. The van der Waals surface area contributed by atoms with Gasteiger partial charge in [-0.25, -0.2) is 4.98 Å². The first-order chi connectivity index (χ1) is 8.08. The number of aromatic nitrogens is 1. The largest absolute Gasteiger partial charge is 0.490 e. The minimum atomic E-state index is 0.154. The number of anilines is 1. The number of hydrogen-bond donors (Lipinski definition) is 1. The molecule has 2 rings (SSSR count). The van der Waals surface area contributed by atoms with Crippen LogP contribution < -0.4 is 10.5 Å². The summed E-state index contributed by atoms with van der Waals surface area (Å²) in [6, 6.07) is 7.99. The molecule has 0 saturated carbocycles. The summed E-state index contributed by atoms with van der Waals surface area (Å²) in [4.78, 5) is 5.33. The van der Waals surface area contributed by atoms with Gasteiger partial charge in [0.2, 0.25) is 0 Å². The highest BCUT2D eigenvalue weighted by molar-refractivity contribution is 7.18. The Morgan fingerprint density at radius 2 is 2.00 bits per heavy atom. The molecule has 0 aliphatic rings. The fourth-order valence-electron chi connectivity index (χ4n) is 1.68. The van der Waals surface area contributed by atoms with E-state index in [9.17, 15) is 0 Å². The van der Waals surface area contributed by atoms with Crippen molar-refractivity contribution in [2.75, 3.05) is 5.73 Å². The lowest BCUT2D eigenvalue weighted by molar-refractivity contribution is 0.243. The molecule has 0 unspecified atom stereocenters. The summed E-state index contributed by atoms with van der Waals surface area (Å²) < 4.78 is 5.80. The molecule has 0 atom stereocenters. The topological polar surface area (TPSA) is 48.1 Å². The van der Waals surface area contributed by atoms with Gasteiger partial charge in [0, 0.05) is 5.56 Å². The van der Waals surface area contributed by atoms with Crippen LogP contribution in [0.1, 0.15) is 19.5 Å². The molecule has 17 heavy (non-hydrogen) atoms. The third kappa shape index (κ3) is 2.58. The van der Waals surface area contributed by atoms with Gasteiger partial charge < -0.3 is 10.5 Å². The summed E-state index contributed by atoms with van der Waals surface area (Å²) in [5, 5.41) is 0.594. The van der Waals surface area contributed by atoms with Crippen molar-refractivity contribution >= 4 is 16.5 Å². The number of nitrogens with two attached hydrogens (primary N) is 1. The summed E-state index contributed by atoms with van der Waals surface area (Å²) in [7, 11) is 0. The molecule has 0 amide bonds. The second kappa shape index (κ2) is 4.75. The SMILES string of the molecule is Cc1nc(N)sc1-c1ccccc1OC(C)C. The predicted molar refractivity (Wildman–Crippen MR) is 72.5 cm³/mol. The van der Waals surface area contributed by atoms with Crippen LogP contribution in [-0.4, -0.2) is 11.1 Å². The van der Waals surface area contributed by atoms with E-state index in [-0.39, 0.29) is 6.10 Å². The number of rotatable bonds is 3. The lowest BCUT2D eigenvalue weighted by atomic mass is 10.1. The predicted octanol–water partition coefficient (Wildman–Crippen LogP) is 3.49. The molecule has 0 fully saturated rings. The van der Waals surface area contributed by atoms with Crippen LogP contribution in [0.25, 0.3) is 10.4 Å². The fourth-order valence-corrected chi connectivity index (χ4v) is 2.54. The smallest absolute Gasteiger partial charge is 0.180 e. The van der Waals surface area contributed by atoms with Crippen LogP contribution in [0.2, 0.25) is 0 Å². The normalized spacial score (nSPS) is 10.8. The molecule has 2 N–H and O–H groups in total. The highest BCUT2D eigenvalue weighted by Gasteiger charge is 2.13. The first-order valence-corrected chi connectivity index (χ1v) is 6.38. The Balaban J connectivity index is 2.48. The average Bonchev–Trinajstić information content (AvgIpc) is 2.58. The standard InChI is InChI=1S/C13H16N2OS/c1-8(2)16-11-7-5-4-6-10(11)12-9(3)15-13(14)17-12/h4-8H,1-3H3,(H2,14,15). The van der Waals surface area contributed by atoms with Gasteiger partial charge in [-0.15, -0.1) is 0 Å². The van der Waals surface area contributed by atoms with Gasteiger partial charge in [0.15, 0.2) is 5.13 Å². The van der Waals surface area contributed by atoms with Gasteiger partial charge in [-0.1, -0.05) is 23.5 Å². The van der Waals surface area contributed by atoms with Crippen molar-refractivity contribution in [3.63, 3.8) is 0 Å². The van der Waals surface area contributed by atoms with E-state index in [0.29, 0.717) is 5.13 Å². The molecule has 0 bridgehead atoms.